The highest BCUT2D eigenvalue weighted by atomic mass is 32.1. The van der Waals surface area contributed by atoms with Gasteiger partial charge in [-0.3, -0.25) is 4.79 Å². The molecule has 1 aromatic rings. The predicted molar refractivity (Wildman–Crippen MR) is 124 cm³/mol. The first kappa shape index (κ1) is 22.8. The quantitative estimate of drug-likeness (QED) is 0.439. The van der Waals surface area contributed by atoms with E-state index in [-0.39, 0.29) is 34.9 Å². The smallest absolute Gasteiger partial charge is 0.350 e. The standard InChI is InChI=1S/C25H37NO4S/c1-16-6-8-17(9-7-16)22(27)26(18-10-12-25(13-11-18)15-30-25)19-14-20(24(2,3)4)31-21(19)23(28)29-5/h14,16-18H,6-13,15H2,1-5H3/t16-,17-,18?,25?. The average molecular weight is 448 g/mol. The molecule has 1 aromatic heterocycles. The Morgan fingerprint density at radius 1 is 1.13 bits per heavy atom. The monoisotopic (exact) mass is 447 g/mol. The third-order valence-corrected chi connectivity index (χ3v) is 9.00. The lowest BCUT2D eigenvalue weighted by Gasteiger charge is -2.39. The van der Waals surface area contributed by atoms with Crippen molar-refractivity contribution in [1.82, 2.24) is 0 Å². The van der Waals surface area contributed by atoms with Gasteiger partial charge in [0.15, 0.2) is 0 Å². The van der Waals surface area contributed by atoms with Crippen LogP contribution in [0, 0.1) is 11.8 Å². The fourth-order valence-corrected chi connectivity index (χ4v) is 6.27. The van der Waals surface area contributed by atoms with Gasteiger partial charge in [-0.1, -0.05) is 27.7 Å². The summed E-state index contributed by atoms with van der Waals surface area (Å²) in [5.74, 6) is 0.599. The van der Waals surface area contributed by atoms with Gasteiger partial charge in [0.1, 0.15) is 4.88 Å². The van der Waals surface area contributed by atoms with E-state index in [0.29, 0.717) is 10.8 Å². The van der Waals surface area contributed by atoms with Gasteiger partial charge in [-0.05, 0) is 68.8 Å². The Kier molecular flexibility index (Phi) is 6.25. The number of anilines is 1. The van der Waals surface area contributed by atoms with E-state index in [4.69, 9.17) is 9.47 Å². The number of epoxide rings is 1. The van der Waals surface area contributed by atoms with E-state index >= 15 is 0 Å². The largest absolute Gasteiger partial charge is 0.465 e. The van der Waals surface area contributed by atoms with Crippen LogP contribution < -0.4 is 4.90 Å². The number of carbonyl (C=O) groups is 2. The Morgan fingerprint density at radius 2 is 1.74 bits per heavy atom. The number of hydrogen-bond acceptors (Lipinski definition) is 5. The number of methoxy groups -OCH3 is 1. The Hall–Kier alpha value is -1.40. The fourth-order valence-electron chi connectivity index (χ4n) is 5.15. The predicted octanol–water partition coefficient (Wildman–Crippen LogP) is 5.70. The molecule has 0 N–H and O–H groups in total. The highest BCUT2D eigenvalue weighted by Gasteiger charge is 2.49. The van der Waals surface area contributed by atoms with Gasteiger partial charge in [-0.25, -0.2) is 4.79 Å². The van der Waals surface area contributed by atoms with Crippen molar-refractivity contribution in [2.75, 3.05) is 18.6 Å². The van der Waals surface area contributed by atoms with Gasteiger partial charge in [0.2, 0.25) is 5.91 Å². The SMILES string of the molecule is COC(=O)c1sc(C(C)(C)C)cc1N(C(=O)[C@H]1CC[C@H](C)CC1)C1CCC2(CC1)CO2. The van der Waals surface area contributed by atoms with E-state index in [1.54, 1.807) is 0 Å². The van der Waals surface area contributed by atoms with Crippen LogP contribution in [0.15, 0.2) is 6.07 Å². The molecule has 0 aromatic carbocycles. The molecule has 0 unspecified atom stereocenters. The first-order chi connectivity index (χ1) is 14.6. The van der Waals surface area contributed by atoms with Crippen LogP contribution in [0.1, 0.15) is 93.6 Å². The summed E-state index contributed by atoms with van der Waals surface area (Å²) < 4.78 is 10.8. The molecule has 0 atom stereocenters. The lowest BCUT2D eigenvalue weighted by atomic mass is 9.80. The molecule has 2 saturated carbocycles. The van der Waals surface area contributed by atoms with Crippen LogP contribution in [0.4, 0.5) is 5.69 Å². The fraction of sp³-hybridized carbons (Fsp3) is 0.760. The number of ether oxygens (including phenoxy) is 2. The maximum atomic E-state index is 14.0. The number of amides is 1. The summed E-state index contributed by atoms with van der Waals surface area (Å²) in [5.41, 5.74) is 0.740. The van der Waals surface area contributed by atoms with Gasteiger partial charge < -0.3 is 14.4 Å². The van der Waals surface area contributed by atoms with Crippen molar-refractivity contribution in [1.29, 1.82) is 0 Å². The molecular formula is C25H37NO4S. The molecule has 1 amide bonds. The van der Waals surface area contributed by atoms with Crippen LogP contribution in [-0.2, 0) is 19.7 Å². The molecule has 31 heavy (non-hydrogen) atoms. The second kappa shape index (κ2) is 8.51. The lowest BCUT2D eigenvalue weighted by Crippen LogP contribution is -2.47. The van der Waals surface area contributed by atoms with Crippen LogP contribution in [0.5, 0.6) is 0 Å². The molecule has 5 nitrogen and oxygen atoms in total. The van der Waals surface area contributed by atoms with E-state index in [2.05, 4.69) is 33.8 Å². The molecular weight excluding hydrogens is 410 g/mol. The van der Waals surface area contributed by atoms with Crippen LogP contribution in [-0.4, -0.2) is 37.2 Å². The molecule has 2 aliphatic carbocycles. The van der Waals surface area contributed by atoms with Crippen LogP contribution in [0.2, 0.25) is 0 Å². The number of thiophene rings is 1. The molecule has 0 bridgehead atoms. The third-order valence-electron chi connectivity index (χ3n) is 7.47. The van der Waals surface area contributed by atoms with Crippen molar-refractivity contribution >= 4 is 28.9 Å². The van der Waals surface area contributed by atoms with E-state index in [1.165, 1.54) is 18.4 Å². The number of nitrogens with zero attached hydrogens (tertiary/aromatic N) is 1. The Balaban J connectivity index is 1.70. The van der Waals surface area contributed by atoms with Gasteiger partial charge in [0.25, 0.3) is 0 Å². The first-order valence-corrected chi connectivity index (χ1v) is 12.6. The summed E-state index contributed by atoms with van der Waals surface area (Å²) in [6, 6.07) is 2.20. The van der Waals surface area contributed by atoms with Gasteiger partial charge in [-0.15, -0.1) is 11.3 Å². The van der Waals surface area contributed by atoms with Crippen molar-refractivity contribution in [3.05, 3.63) is 15.8 Å². The molecule has 172 valence electrons. The van der Waals surface area contributed by atoms with Crippen molar-refractivity contribution < 1.29 is 19.1 Å². The topological polar surface area (TPSA) is 59.1 Å². The minimum Gasteiger partial charge on any atom is -0.465 e. The van der Waals surface area contributed by atoms with E-state index in [9.17, 15) is 9.59 Å². The normalized spacial score (nSPS) is 30.8. The summed E-state index contributed by atoms with van der Waals surface area (Å²) in [6.07, 6.45) is 7.94. The van der Waals surface area contributed by atoms with Gasteiger partial charge in [0, 0.05) is 16.8 Å². The highest BCUT2D eigenvalue weighted by Crippen LogP contribution is 2.46. The van der Waals surface area contributed by atoms with Crippen molar-refractivity contribution in [2.24, 2.45) is 11.8 Å². The summed E-state index contributed by atoms with van der Waals surface area (Å²) in [6.45, 7) is 9.57. The molecule has 1 spiro atoms. The number of rotatable bonds is 4. The highest BCUT2D eigenvalue weighted by molar-refractivity contribution is 7.14. The van der Waals surface area contributed by atoms with Crippen LogP contribution in [0.25, 0.3) is 0 Å². The molecule has 0 radical (unpaired) electrons. The third kappa shape index (κ3) is 4.70. The van der Waals surface area contributed by atoms with E-state index in [1.807, 2.05) is 4.90 Å². The average Bonchev–Trinajstić information content (AvgIpc) is 3.33. The van der Waals surface area contributed by atoms with E-state index in [0.717, 1.165) is 68.5 Å². The number of hydrogen-bond donors (Lipinski definition) is 0. The second-order valence-electron chi connectivity index (χ2n) is 10.9. The zero-order valence-corrected chi connectivity index (χ0v) is 20.5. The zero-order valence-electron chi connectivity index (χ0n) is 19.7. The summed E-state index contributed by atoms with van der Waals surface area (Å²) in [7, 11) is 1.42. The minimum absolute atomic E-state index is 0.0488. The van der Waals surface area contributed by atoms with Gasteiger partial charge in [-0.2, -0.15) is 0 Å². The van der Waals surface area contributed by atoms with Crippen molar-refractivity contribution in [2.45, 2.75) is 96.1 Å². The molecule has 3 aliphatic rings. The molecule has 3 fully saturated rings. The lowest BCUT2D eigenvalue weighted by molar-refractivity contribution is -0.124. The maximum Gasteiger partial charge on any atom is 0.350 e. The van der Waals surface area contributed by atoms with Crippen molar-refractivity contribution in [3.8, 4) is 0 Å². The molecule has 1 saturated heterocycles. The Bertz CT molecular complexity index is 817. The van der Waals surface area contributed by atoms with Crippen LogP contribution >= 0.6 is 11.3 Å². The molecule has 6 heteroatoms. The first-order valence-electron chi connectivity index (χ1n) is 11.8. The van der Waals surface area contributed by atoms with Crippen molar-refractivity contribution in [3.63, 3.8) is 0 Å². The molecule has 1 aliphatic heterocycles. The molecule has 2 heterocycles. The van der Waals surface area contributed by atoms with Gasteiger partial charge >= 0.3 is 5.97 Å². The zero-order chi connectivity index (χ0) is 22.4. The summed E-state index contributed by atoms with van der Waals surface area (Å²) in [4.78, 5) is 30.4. The Labute approximate surface area is 190 Å². The number of carbonyl (C=O) groups excluding carboxylic acids is 2. The summed E-state index contributed by atoms with van der Waals surface area (Å²) in [5, 5.41) is 0. The summed E-state index contributed by atoms with van der Waals surface area (Å²) >= 11 is 1.47. The van der Waals surface area contributed by atoms with Crippen LogP contribution in [0.3, 0.4) is 0 Å². The van der Waals surface area contributed by atoms with E-state index < -0.39 is 0 Å². The maximum absolute atomic E-state index is 14.0. The number of esters is 1. The minimum atomic E-state index is -0.344. The molecule has 4 rings (SSSR count). The second-order valence-corrected chi connectivity index (χ2v) is 12.0. The van der Waals surface area contributed by atoms with Gasteiger partial charge in [0.05, 0.1) is 25.0 Å². The Morgan fingerprint density at radius 3 is 2.26 bits per heavy atom.